The summed E-state index contributed by atoms with van der Waals surface area (Å²) < 4.78 is 0. The van der Waals surface area contributed by atoms with E-state index in [0.29, 0.717) is 5.75 Å². The fraction of sp³-hybridized carbons (Fsp3) is 0.273. The molecule has 0 aliphatic heterocycles. The molecule has 2 rings (SSSR count). The molecule has 0 aliphatic rings. The van der Waals surface area contributed by atoms with E-state index < -0.39 is 0 Å². The van der Waals surface area contributed by atoms with Gasteiger partial charge < -0.3 is 15.1 Å². The second kappa shape index (κ2) is 4.33. The number of likely N-dealkylation sites (N-methyl/N-ethyl adjacent to an activating group) is 1. The number of aromatic nitrogens is 1. The maximum Gasteiger partial charge on any atom is 0.148 e. The minimum Gasteiger partial charge on any atom is -0.411 e. The van der Waals surface area contributed by atoms with Crippen LogP contribution in [0.3, 0.4) is 0 Å². The Balaban J connectivity index is 2.34. The molecule has 0 bridgehead atoms. The predicted molar refractivity (Wildman–Crippen MR) is 60.7 cm³/mol. The highest BCUT2D eigenvalue weighted by Gasteiger charge is 2.04. The van der Waals surface area contributed by atoms with Gasteiger partial charge in [-0.15, -0.1) is 0 Å². The van der Waals surface area contributed by atoms with Crippen molar-refractivity contribution >= 4 is 10.9 Å². The lowest BCUT2D eigenvalue weighted by Gasteiger charge is -2.00. The molecule has 4 N–H and O–H groups in total. The summed E-state index contributed by atoms with van der Waals surface area (Å²) >= 11 is 0. The van der Waals surface area contributed by atoms with Crippen molar-refractivity contribution in [2.75, 3.05) is 13.6 Å². The number of nitrogens with one attached hydrogen (secondary N) is 2. The second-order valence-electron chi connectivity index (χ2n) is 3.49. The number of benzene rings is 1. The lowest BCUT2D eigenvalue weighted by atomic mass is 10.1. The van der Waals surface area contributed by atoms with E-state index >= 15 is 0 Å². The van der Waals surface area contributed by atoms with Crippen LogP contribution in [0.25, 0.3) is 10.9 Å². The van der Waals surface area contributed by atoms with Crippen LogP contribution in [0, 0.1) is 0 Å². The number of hydrogen-bond acceptors (Lipinski definition) is 3. The van der Waals surface area contributed by atoms with Crippen molar-refractivity contribution < 1.29 is 4.84 Å². The molecular formula is C11H15N3O. The summed E-state index contributed by atoms with van der Waals surface area (Å²) in [5.74, 6) is 5.77. The lowest BCUT2D eigenvalue weighted by molar-refractivity contribution is 0.335. The average Bonchev–Trinajstić information content (AvgIpc) is 2.68. The van der Waals surface area contributed by atoms with Crippen LogP contribution in [0.1, 0.15) is 5.56 Å². The van der Waals surface area contributed by atoms with Gasteiger partial charge in [0.25, 0.3) is 0 Å². The van der Waals surface area contributed by atoms with Gasteiger partial charge in [-0.25, -0.2) is 0 Å². The van der Waals surface area contributed by atoms with Gasteiger partial charge in [0, 0.05) is 23.2 Å². The van der Waals surface area contributed by atoms with Crippen molar-refractivity contribution in [2.45, 2.75) is 6.42 Å². The molecule has 0 radical (unpaired) electrons. The van der Waals surface area contributed by atoms with Gasteiger partial charge >= 0.3 is 0 Å². The highest BCUT2D eigenvalue weighted by Crippen LogP contribution is 2.22. The highest BCUT2D eigenvalue weighted by molar-refractivity contribution is 5.84. The first-order valence-electron chi connectivity index (χ1n) is 4.96. The third-order valence-corrected chi connectivity index (χ3v) is 2.52. The second-order valence-corrected chi connectivity index (χ2v) is 3.49. The molecule has 0 spiro atoms. The third-order valence-electron chi connectivity index (χ3n) is 2.52. The Hall–Kier alpha value is -1.52. The molecule has 15 heavy (non-hydrogen) atoms. The first-order valence-corrected chi connectivity index (χ1v) is 4.96. The number of aromatic amines is 1. The molecule has 0 saturated carbocycles. The van der Waals surface area contributed by atoms with E-state index in [9.17, 15) is 0 Å². The van der Waals surface area contributed by atoms with Gasteiger partial charge in [0.1, 0.15) is 5.75 Å². The van der Waals surface area contributed by atoms with Crippen molar-refractivity contribution in [1.82, 2.24) is 10.3 Å². The smallest absolute Gasteiger partial charge is 0.148 e. The maximum absolute atomic E-state index is 5.10. The molecule has 0 atom stereocenters. The lowest BCUT2D eigenvalue weighted by Crippen LogP contribution is -2.09. The topological polar surface area (TPSA) is 63.1 Å². The molecule has 0 unspecified atom stereocenters. The molecule has 1 aromatic carbocycles. The van der Waals surface area contributed by atoms with Gasteiger partial charge in [-0.2, -0.15) is 5.90 Å². The van der Waals surface area contributed by atoms with Gasteiger partial charge in [0.05, 0.1) is 0 Å². The van der Waals surface area contributed by atoms with Gasteiger partial charge in [0.15, 0.2) is 0 Å². The molecule has 0 fully saturated rings. The Bertz CT molecular complexity index is 450. The Morgan fingerprint density at radius 3 is 3.07 bits per heavy atom. The minimum absolute atomic E-state index is 0.671. The van der Waals surface area contributed by atoms with Gasteiger partial charge in [-0.3, -0.25) is 0 Å². The van der Waals surface area contributed by atoms with E-state index in [0.717, 1.165) is 18.5 Å². The van der Waals surface area contributed by atoms with E-state index in [1.807, 2.05) is 31.4 Å². The van der Waals surface area contributed by atoms with E-state index in [1.54, 1.807) is 0 Å². The first kappa shape index (κ1) is 10.0. The van der Waals surface area contributed by atoms with E-state index in [-0.39, 0.29) is 0 Å². The zero-order valence-corrected chi connectivity index (χ0v) is 8.71. The summed E-state index contributed by atoms with van der Waals surface area (Å²) in [4.78, 5) is 7.89. The largest absolute Gasteiger partial charge is 0.411 e. The van der Waals surface area contributed by atoms with Crippen molar-refractivity contribution in [3.63, 3.8) is 0 Å². The number of nitrogens with two attached hydrogens (primary N) is 1. The summed E-state index contributed by atoms with van der Waals surface area (Å²) in [5.41, 5.74) is 2.37. The molecule has 1 aromatic heterocycles. The van der Waals surface area contributed by atoms with Crippen LogP contribution in [0.5, 0.6) is 5.75 Å². The molecule has 2 aromatic rings. The maximum atomic E-state index is 5.10. The monoisotopic (exact) mass is 205 g/mol. The molecule has 80 valence electrons. The van der Waals surface area contributed by atoms with Crippen LogP contribution in [-0.4, -0.2) is 18.6 Å². The Kier molecular flexibility index (Phi) is 2.89. The van der Waals surface area contributed by atoms with Crippen molar-refractivity contribution in [3.05, 3.63) is 30.0 Å². The number of hydrogen-bond donors (Lipinski definition) is 3. The molecule has 0 amide bonds. The van der Waals surface area contributed by atoms with Gasteiger partial charge in [-0.1, -0.05) is 0 Å². The van der Waals surface area contributed by atoms with E-state index in [2.05, 4.69) is 15.1 Å². The molecule has 1 heterocycles. The predicted octanol–water partition coefficient (Wildman–Crippen LogP) is 1.18. The number of H-pyrrole nitrogens is 1. The molecule has 4 nitrogen and oxygen atoms in total. The molecule has 0 saturated heterocycles. The zero-order valence-electron chi connectivity index (χ0n) is 8.71. The van der Waals surface area contributed by atoms with Crippen molar-refractivity contribution in [3.8, 4) is 5.75 Å². The summed E-state index contributed by atoms with van der Waals surface area (Å²) in [5, 5.41) is 4.36. The SMILES string of the molecule is CNCCc1c[nH]c2cc(ON)ccc12. The fourth-order valence-electron chi connectivity index (χ4n) is 1.71. The van der Waals surface area contributed by atoms with Crippen molar-refractivity contribution in [1.29, 1.82) is 0 Å². The Labute approximate surface area is 88.4 Å². The third kappa shape index (κ3) is 1.95. The summed E-state index contributed by atoms with van der Waals surface area (Å²) in [6.45, 7) is 0.974. The van der Waals surface area contributed by atoms with Crippen molar-refractivity contribution in [2.24, 2.45) is 5.90 Å². The summed E-state index contributed by atoms with van der Waals surface area (Å²) in [7, 11) is 1.95. The minimum atomic E-state index is 0.671. The standard InChI is InChI=1S/C11H15N3O/c1-13-5-4-8-7-14-11-6-9(15-12)2-3-10(8)11/h2-3,6-7,13-14H,4-5,12H2,1H3. The van der Waals surface area contributed by atoms with E-state index in [1.165, 1.54) is 10.9 Å². The normalized spacial score (nSPS) is 10.8. The molecule has 4 heteroatoms. The van der Waals surface area contributed by atoms with Crippen LogP contribution in [0.15, 0.2) is 24.4 Å². The molecule has 0 aliphatic carbocycles. The Morgan fingerprint density at radius 1 is 1.47 bits per heavy atom. The molecular weight excluding hydrogens is 190 g/mol. The quantitative estimate of drug-likeness (QED) is 0.657. The summed E-state index contributed by atoms with van der Waals surface area (Å²) in [6, 6.07) is 5.80. The number of rotatable bonds is 4. The zero-order chi connectivity index (χ0) is 10.7. The van der Waals surface area contributed by atoms with Crippen LogP contribution < -0.4 is 16.1 Å². The van der Waals surface area contributed by atoms with Crippen LogP contribution in [0.4, 0.5) is 0 Å². The van der Waals surface area contributed by atoms with Gasteiger partial charge in [0.2, 0.25) is 0 Å². The van der Waals surface area contributed by atoms with Crippen LogP contribution >= 0.6 is 0 Å². The fourth-order valence-corrected chi connectivity index (χ4v) is 1.71. The average molecular weight is 205 g/mol. The Morgan fingerprint density at radius 2 is 2.33 bits per heavy atom. The van der Waals surface area contributed by atoms with E-state index in [4.69, 9.17) is 5.90 Å². The number of fused-ring (bicyclic) bond motifs is 1. The van der Waals surface area contributed by atoms with Crippen LogP contribution in [-0.2, 0) is 6.42 Å². The summed E-state index contributed by atoms with van der Waals surface area (Å²) in [6.07, 6.45) is 3.04. The highest BCUT2D eigenvalue weighted by atomic mass is 16.6. The van der Waals surface area contributed by atoms with Gasteiger partial charge in [-0.05, 0) is 37.7 Å². The van der Waals surface area contributed by atoms with Crippen LogP contribution in [0.2, 0.25) is 0 Å². The first-order chi connectivity index (χ1) is 7.35.